The van der Waals surface area contributed by atoms with E-state index in [4.69, 9.17) is 9.47 Å². The maximum atomic E-state index is 13.6. The molecular weight excluding hydrogens is 392 g/mol. The zero-order chi connectivity index (χ0) is 22.0. The molecule has 0 bridgehead atoms. The number of piperidine rings is 1. The summed E-state index contributed by atoms with van der Waals surface area (Å²) < 4.78 is 11.5. The minimum atomic E-state index is -0.168. The number of hydrogen-bond acceptors (Lipinski definition) is 6. The van der Waals surface area contributed by atoms with Gasteiger partial charge in [0.15, 0.2) is 0 Å². The maximum Gasteiger partial charge on any atom is 0.256 e. The van der Waals surface area contributed by atoms with E-state index in [1.54, 1.807) is 25.4 Å². The van der Waals surface area contributed by atoms with E-state index in [0.717, 1.165) is 36.9 Å². The molecule has 7 heteroatoms. The van der Waals surface area contributed by atoms with Crippen LogP contribution in [0.2, 0.25) is 0 Å². The highest BCUT2D eigenvalue weighted by Crippen LogP contribution is 2.38. The first kappa shape index (κ1) is 21.1. The Labute approximate surface area is 183 Å². The van der Waals surface area contributed by atoms with Crippen LogP contribution in [0.4, 0.5) is 0 Å². The van der Waals surface area contributed by atoms with Crippen LogP contribution < -0.4 is 9.47 Å². The standard InChI is InChI=1S/C24H28N4O3/c1-15-7-8-19(31-23-16(2)18(13-25)11-12-26-23)14-28(15)24(29)20-9-10-21(30-3)27-22(20)17-5-4-6-17/h9-12,15,17,19H,4-8,14H2,1-3H3. The van der Waals surface area contributed by atoms with Gasteiger partial charge in [-0.1, -0.05) is 6.42 Å². The van der Waals surface area contributed by atoms with Crippen LogP contribution >= 0.6 is 0 Å². The van der Waals surface area contributed by atoms with E-state index in [1.807, 2.05) is 17.9 Å². The Bertz CT molecular complexity index is 1010. The second-order valence-electron chi connectivity index (χ2n) is 8.44. The third kappa shape index (κ3) is 4.20. The van der Waals surface area contributed by atoms with E-state index in [0.29, 0.717) is 35.3 Å². The third-order valence-corrected chi connectivity index (χ3v) is 6.49. The average Bonchev–Trinajstić information content (AvgIpc) is 2.74. The van der Waals surface area contributed by atoms with E-state index >= 15 is 0 Å². The lowest BCUT2D eigenvalue weighted by atomic mass is 9.80. The molecule has 2 aliphatic rings. The molecule has 1 saturated carbocycles. The fraction of sp³-hybridized carbons (Fsp3) is 0.500. The number of rotatable bonds is 5. The monoisotopic (exact) mass is 420 g/mol. The van der Waals surface area contributed by atoms with E-state index in [2.05, 4.69) is 23.0 Å². The van der Waals surface area contributed by atoms with Crippen LogP contribution in [0.1, 0.15) is 72.1 Å². The van der Waals surface area contributed by atoms with Gasteiger partial charge in [0.1, 0.15) is 6.10 Å². The SMILES string of the molecule is COc1ccc(C(=O)N2CC(Oc3nccc(C#N)c3C)CCC2C)c(C2CCC2)n1. The smallest absolute Gasteiger partial charge is 0.256 e. The lowest BCUT2D eigenvalue weighted by Crippen LogP contribution is -2.49. The van der Waals surface area contributed by atoms with Crippen molar-refractivity contribution in [2.75, 3.05) is 13.7 Å². The van der Waals surface area contributed by atoms with Gasteiger partial charge >= 0.3 is 0 Å². The predicted octanol–water partition coefficient (Wildman–Crippen LogP) is 4.00. The first-order valence-corrected chi connectivity index (χ1v) is 10.9. The Morgan fingerprint density at radius 2 is 2.03 bits per heavy atom. The summed E-state index contributed by atoms with van der Waals surface area (Å²) in [4.78, 5) is 24.4. The topological polar surface area (TPSA) is 88.3 Å². The van der Waals surface area contributed by atoms with Crippen molar-refractivity contribution in [2.45, 2.75) is 64.0 Å². The van der Waals surface area contributed by atoms with Gasteiger partial charge in [-0.25, -0.2) is 9.97 Å². The van der Waals surface area contributed by atoms with Crippen LogP contribution in [-0.2, 0) is 0 Å². The fourth-order valence-corrected chi connectivity index (χ4v) is 4.27. The molecule has 0 radical (unpaired) electrons. The van der Waals surface area contributed by atoms with E-state index in [9.17, 15) is 10.1 Å². The number of carbonyl (C=O) groups is 1. The number of methoxy groups -OCH3 is 1. The molecular formula is C24H28N4O3. The molecule has 31 heavy (non-hydrogen) atoms. The predicted molar refractivity (Wildman–Crippen MR) is 115 cm³/mol. The average molecular weight is 421 g/mol. The van der Waals surface area contributed by atoms with Crippen LogP contribution in [0.5, 0.6) is 11.8 Å². The van der Waals surface area contributed by atoms with Gasteiger partial charge in [-0.15, -0.1) is 0 Å². The van der Waals surface area contributed by atoms with Crippen molar-refractivity contribution < 1.29 is 14.3 Å². The Hall–Kier alpha value is -3.14. The fourth-order valence-electron chi connectivity index (χ4n) is 4.27. The van der Waals surface area contributed by atoms with Crippen molar-refractivity contribution >= 4 is 5.91 Å². The Balaban J connectivity index is 1.55. The summed E-state index contributed by atoms with van der Waals surface area (Å²) in [6, 6.07) is 7.57. The lowest BCUT2D eigenvalue weighted by Gasteiger charge is -2.38. The Kier molecular flexibility index (Phi) is 6.08. The molecule has 4 rings (SSSR count). The van der Waals surface area contributed by atoms with Crippen molar-refractivity contribution in [3.8, 4) is 17.8 Å². The van der Waals surface area contributed by atoms with Crippen molar-refractivity contribution in [3.63, 3.8) is 0 Å². The number of ether oxygens (including phenoxy) is 2. The van der Waals surface area contributed by atoms with Crippen LogP contribution in [0, 0.1) is 18.3 Å². The molecule has 0 spiro atoms. The maximum absolute atomic E-state index is 13.6. The highest BCUT2D eigenvalue weighted by molar-refractivity contribution is 5.96. The zero-order valence-electron chi connectivity index (χ0n) is 18.3. The molecule has 0 N–H and O–H groups in total. The first-order chi connectivity index (χ1) is 15.0. The number of amides is 1. The van der Waals surface area contributed by atoms with Crippen LogP contribution in [-0.4, -0.2) is 46.6 Å². The normalized spacial score (nSPS) is 21.2. The molecule has 2 aromatic rings. The van der Waals surface area contributed by atoms with Crippen LogP contribution in [0.3, 0.4) is 0 Å². The van der Waals surface area contributed by atoms with Gasteiger partial charge in [0.05, 0.1) is 36.5 Å². The van der Waals surface area contributed by atoms with Crippen molar-refractivity contribution in [3.05, 3.63) is 46.8 Å². The summed E-state index contributed by atoms with van der Waals surface area (Å²) in [5.74, 6) is 1.33. The second-order valence-corrected chi connectivity index (χ2v) is 8.44. The summed E-state index contributed by atoms with van der Waals surface area (Å²) in [5.41, 5.74) is 2.80. The quantitative estimate of drug-likeness (QED) is 0.726. The van der Waals surface area contributed by atoms with Gasteiger partial charge in [0, 0.05) is 29.8 Å². The van der Waals surface area contributed by atoms with Crippen molar-refractivity contribution in [2.24, 2.45) is 0 Å². The number of pyridine rings is 2. The molecule has 2 atom stereocenters. The van der Waals surface area contributed by atoms with Gasteiger partial charge in [-0.3, -0.25) is 4.79 Å². The molecule has 2 fully saturated rings. The van der Waals surface area contributed by atoms with Gasteiger partial charge < -0.3 is 14.4 Å². The number of nitriles is 1. The van der Waals surface area contributed by atoms with Crippen molar-refractivity contribution in [1.29, 1.82) is 5.26 Å². The number of nitrogens with zero attached hydrogens (tertiary/aromatic N) is 4. The Morgan fingerprint density at radius 3 is 2.71 bits per heavy atom. The molecule has 3 heterocycles. The van der Waals surface area contributed by atoms with E-state index < -0.39 is 0 Å². The largest absolute Gasteiger partial charge is 0.481 e. The molecule has 7 nitrogen and oxygen atoms in total. The lowest BCUT2D eigenvalue weighted by molar-refractivity contribution is 0.0368. The molecule has 1 amide bonds. The summed E-state index contributed by atoms with van der Waals surface area (Å²) >= 11 is 0. The minimum Gasteiger partial charge on any atom is -0.481 e. The molecule has 2 unspecified atom stereocenters. The highest BCUT2D eigenvalue weighted by atomic mass is 16.5. The molecule has 162 valence electrons. The van der Waals surface area contributed by atoms with Gasteiger partial charge in [0.25, 0.3) is 5.91 Å². The van der Waals surface area contributed by atoms with E-state index in [-0.39, 0.29) is 18.1 Å². The number of hydrogen-bond donors (Lipinski definition) is 0. The van der Waals surface area contributed by atoms with Crippen LogP contribution in [0.15, 0.2) is 24.4 Å². The van der Waals surface area contributed by atoms with Crippen LogP contribution in [0.25, 0.3) is 0 Å². The van der Waals surface area contributed by atoms with Gasteiger partial charge in [-0.2, -0.15) is 5.26 Å². The molecule has 1 saturated heterocycles. The number of aromatic nitrogens is 2. The summed E-state index contributed by atoms with van der Waals surface area (Å²) in [7, 11) is 1.60. The summed E-state index contributed by atoms with van der Waals surface area (Å²) in [6.45, 7) is 4.39. The minimum absolute atomic E-state index is 0.00619. The van der Waals surface area contributed by atoms with Gasteiger partial charge in [0.2, 0.25) is 11.8 Å². The number of carbonyl (C=O) groups excluding carboxylic acids is 1. The summed E-state index contributed by atoms with van der Waals surface area (Å²) in [5, 5.41) is 9.26. The second kappa shape index (κ2) is 8.93. The Morgan fingerprint density at radius 1 is 1.23 bits per heavy atom. The molecule has 2 aromatic heterocycles. The molecule has 0 aromatic carbocycles. The third-order valence-electron chi connectivity index (χ3n) is 6.49. The van der Waals surface area contributed by atoms with E-state index in [1.165, 1.54) is 6.42 Å². The highest BCUT2D eigenvalue weighted by Gasteiger charge is 2.34. The van der Waals surface area contributed by atoms with Crippen molar-refractivity contribution in [1.82, 2.24) is 14.9 Å². The molecule has 1 aliphatic heterocycles. The summed E-state index contributed by atoms with van der Waals surface area (Å²) in [6.07, 6.45) is 6.38. The zero-order valence-corrected chi connectivity index (χ0v) is 18.3. The van der Waals surface area contributed by atoms with Gasteiger partial charge in [-0.05, 0) is 51.7 Å². The first-order valence-electron chi connectivity index (χ1n) is 10.9. The molecule has 1 aliphatic carbocycles. The number of likely N-dealkylation sites (tertiary alicyclic amines) is 1.